The average molecular weight is 312 g/mol. The van der Waals surface area contributed by atoms with Gasteiger partial charge >= 0.3 is 0 Å². The zero-order chi connectivity index (χ0) is 14.0. The molecule has 0 fully saturated rings. The number of benzene rings is 1. The van der Waals surface area contributed by atoms with E-state index in [1.165, 1.54) is 0 Å². The van der Waals surface area contributed by atoms with Gasteiger partial charge in [-0.3, -0.25) is 0 Å². The number of halogens is 2. The molecule has 0 bridgehead atoms. The van der Waals surface area contributed by atoms with Gasteiger partial charge in [-0.2, -0.15) is 4.37 Å². The molecule has 2 aromatic rings. The summed E-state index contributed by atoms with van der Waals surface area (Å²) >= 11 is 13.0. The largest absolute Gasteiger partial charge is 0.369 e. The second-order valence-corrected chi connectivity index (χ2v) is 5.58. The summed E-state index contributed by atoms with van der Waals surface area (Å²) in [5.41, 5.74) is 0.267. The van der Waals surface area contributed by atoms with E-state index in [-0.39, 0.29) is 10.2 Å². The minimum Gasteiger partial charge on any atom is -0.369 e. The van der Waals surface area contributed by atoms with E-state index < -0.39 is 5.60 Å². The van der Waals surface area contributed by atoms with Gasteiger partial charge in [0.25, 0.3) is 0 Å². The van der Waals surface area contributed by atoms with Crippen molar-refractivity contribution in [1.29, 1.82) is 0 Å². The summed E-state index contributed by atoms with van der Waals surface area (Å²) in [5, 5.41) is 11.3. The molecule has 19 heavy (non-hydrogen) atoms. The molecule has 5 heteroatoms. The maximum atomic E-state index is 10.9. The number of hydrogen-bond donors (Lipinski definition) is 1. The molecule has 1 N–H and O–H groups in total. The van der Waals surface area contributed by atoms with Gasteiger partial charge in [-0.1, -0.05) is 59.0 Å². The van der Waals surface area contributed by atoms with Gasteiger partial charge in [0, 0.05) is 5.56 Å². The van der Waals surface area contributed by atoms with E-state index in [0.29, 0.717) is 10.4 Å². The van der Waals surface area contributed by atoms with Crippen LogP contribution in [0, 0.1) is 18.8 Å². The van der Waals surface area contributed by atoms with Crippen LogP contribution in [0.4, 0.5) is 0 Å². The fourth-order valence-corrected chi connectivity index (χ4v) is 3.05. The topological polar surface area (TPSA) is 33.1 Å². The third-order valence-electron chi connectivity index (χ3n) is 2.70. The summed E-state index contributed by atoms with van der Waals surface area (Å²) in [6, 6.07) is 7.47. The van der Waals surface area contributed by atoms with Crippen molar-refractivity contribution in [3.8, 4) is 11.8 Å². The third-order valence-corrected chi connectivity index (χ3v) is 4.61. The molecule has 1 unspecified atom stereocenters. The Morgan fingerprint density at radius 3 is 2.37 bits per heavy atom. The summed E-state index contributed by atoms with van der Waals surface area (Å²) in [7, 11) is 0. The highest BCUT2D eigenvalue weighted by atomic mass is 35.5. The third kappa shape index (κ3) is 2.63. The number of rotatable bonds is 2. The molecule has 2 nitrogen and oxygen atoms in total. The smallest absolute Gasteiger partial charge is 0.189 e. The highest BCUT2D eigenvalue weighted by Gasteiger charge is 2.35. The lowest BCUT2D eigenvalue weighted by Crippen LogP contribution is -2.24. The molecule has 1 atom stereocenters. The fourth-order valence-electron chi connectivity index (χ4n) is 1.72. The Hall–Kier alpha value is -1.05. The van der Waals surface area contributed by atoms with Crippen molar-refractivity contribution in [2.24, 2.45) is 0 Å². The van der Waals surface area contributed by atoms with E-state index in [1.807, 2.05) is 31.2 Å². The fraction of sp³-hybridized carbons (Fsp3) is 0.214. The molecule has 98 valence electrons. The first-order valence-electron chi connectivity index (χ1n) is 5.53. The highest BCUT2D eigenvalue weighted by molar-refractivity contribution is 7.07. The minimum absolute atomic E-state index is 0.185. The first-order valence-corrected chi connectivity index (χ1v) is 7.06. The highest BCUT2D eigenvalue weighted by Crippen LogP contribution is 2.40. The monoisotopic (exact) mass is 311 g/mol. The first kappa shape index (κ1) is 14.4. The van der Waals surface area contributed by atoms with Crippen LogP contribution in [0.3, 0.4) is 0 Å². The van der Waals surface area contributed by atoms with Crippen molar-refractivity contribution in [2.75, 3.05) is 0 Å². The van der Waals surface area contributed by atoms with Gasteiger partial charge in [-0.25, -0.2) is 0 Å². The van der Waals surface area contributed by atoms with Crippen LogP contribution in [0.5, 0.6) is 0 Å². The maximum absolute atomic E-state index is 10.9. The van der Waals surface area contributed by atoms with Crippen LogP contribution in [0.2, 0.25) is 10.2 Å². The predicted molar refractivity (Wildman–Crippen MR) is 79.8 cm³/mol. The Morgan fingerprint density at radius 2 is 1.89 bits per heavy atom. The summed E-state index contributed by atoms with van der Waals surface area (Å²) in [6.07, 6.45) is 0. The second-order valence-electron chi connectivity index (χ2n) is 4.07. The summed E-state index contributed by atoms with van der Waals surface area (Å²) in [4.78, 5) is 0.442. The Kier molecular flexibility index (Phi) is 4.17. The SMILES string of the molecule is CC#CC(O)(c1ccc(C)cc1)c1snc(Cl)c1Cl. The van der Waals surface area contributed by atoms with E-state index >= 15 is 0 Å². The average Bonchev–Trinajstić information content (AvgIpc) is 2.71. The molecule has 0 saturated carbocycles. The molecule has 0 spiro atoms. The lowest BCUT2D eigenvalue weighted by atomic mass is 9.92. The van der Waals surface area contributed by atoms with Gasteiger partial charge < -0.3 is 5.11 Å². The van der Waals surface area contributed by atoms with Crippen molar-refractivity contribution in [2.45, 2.75) is 19.4 Å². The molecule has 0 aliphatic heterocycles. The molecule has 1 heterocycles. The molecule has 0 aliphatic rings. The number of nitrogens with zero attached hydrogens (tertiary/aromatic N) is 1. The molecule has 1 aromatic heterocycles. The molecular weight excluding hydrogens is 301 g/mol. The van der Waals surface area contributed by atoms with E-state index in [0.717, 1.165) is 17.1 Å². The molecule has 0 saturated heterocycles. The van der Waals surface area contributed by atoms with Crippen LogP contribution in [-0.2, 0) is 5.60 Å². The van der Waals surface area contributed by atoms with Gasteiger partial charge in [0.15, 0.2) is 10.8 Å². The molecule has 0 aliphatic carbocycles. The van der Waals surface area contributed by atoms with Gasteiger partial charge in [-0.05, 0) is 25.4 Å². The Bertz CT molecular complexity index is 654. The molecule has 1 aromatic carbocycles. The van der Waals surface area contributed by atoms with Gasteiger partial charge in [0.2, 0.25) is 0 Å². The number of aliphatic hydroxyl groups is 1. The van der Waals surface area contributed by atoms with Crippen molar-refractivity contribution < 1.29 is 5.11 Å². The van der Waals surface area contributed by atoms with Crippen molar-refractivity contribution >= 4 is 34.7 Å². The first-order chi connectivity index (χ1) is 8.99. The van der Waals surface area contributed by atoms with Crippen LogP contribution >= 0.6 is 34.7 Å². The Labute approximate surface area is 126 Å². The van der Waals surface area contributed by atoms with E-state index in [9.17, 15) is 5.11 Å². The van der Waals surface area contributed by atoms with Crippen LogP contribution in [0.1, 0.15) is 22.9 Å². The molecule has 2 rings (SSSR count). The van der Waals surface area contributed by atoms with Crippen molar-refractivity contribution in [1.82, 2.24) is 4.37 Å². The van der Waals surface area contributed by atoms with Crippen LogP contribution < -0.4 is 0 Å². The molecule has 0 amide bonds. The molecular formula is C14H11Cl2NOS. The van der Waals surface area contributed by atoms with E-state index in [4.69, 9.17) is 23.2 Å². The van der Waals surface area contributed by atoms with Crippen molar-refractivity contribution in [3.05, 3.63) is 50.4 Å². The second kappa shape index (κ2) is 5.52. The number of hydrogen-bond acceptors (Lipinski definition) is 3. The minimum atomic E-state index is -1.48. The maximum Gasteiger partial charge on any atom is 0.189 e. The van der Waals surface area contributed by atoms with Crippen LogP contribution in [-0.4, -0.2) is 9.48 Å². The molecule has 0 radical (unpaired) electrons. The van der Waals surface area contributed by atoms with E-state index in [1.54, 1.807) is 6.92 Å². The predicted octanol–water partition coefficient (Wildman–Crippen LogP) is 4.02. The zero-order valence-corrected chi connectivity index (χ0v) is 12.7. The van der Waals surface area contributed by atoms with Crippen LogP contribution in [0.15, 0.2) is 24.3 Å². The standard InChI is InChI=1S/C14H11Cl2NOS/c1-3-8-14(18,10-6-4-9(2)5-7-10)12-11(15)13(16)17-19-12/h4-7,18H,1-2H3. The van der Waals surface area contributed by atoms with Crippen molar-refractivity contribution in [3.63, 3.8) is 0 Å². The van der Waals surface area contributed by atoms with E-state index in [2.05, 4.69) is 16.2 Å². The lowest BCUT2D eigenvalue weighted by molar-refractivity contribution is 0.149. The summed E-state index contributed by atoms with van der Waals surface area (Å²) in [6.45, 7) is 3.64. The zero-order valence-electron chi connectivity index (χ0n) is 10.4. The summed E-state index contributed by atoms with van der Waals surface area (Å²) < 4.78 is 3.95. The normalized spacial score (nSPS) is 13.5. The lowest BCUT2D eigenvalue weighted by Gasteiger charge is -2.21. The Balaban J connectivity index is 2.63. The number of aryl methyl sites for hydroxylation is 1. The Morgan fingerprint density at radius 1 is 1.26 bits per heavy atom. The quantitative estimate of drug-likeness (QED) is 0.850. The number of aromatic nitrogens is 1. The van der Waals surface area contributed by atoms with Gasteiger partial charge in [0.1, 0.15) is 0 Å². The summed E-state index contributed by atoms with van der Waals surface area (Å²) in [5.74, 6) is 5.53. The van der Waals surface area contributed by atoms with Gasteiger partial charge in [0.05, 0.1) is 9.90 Å². The van der Waals surface area contributed by atoms with Gasteiger partial charge in [-0.15, -0.1) is 5.92 Å². The van der Waals surface area contributed by atoms with Crippen LogP contribution in [0.25, 0.3) is 0 Å².